The van der Waals surface area contributed by atoms with Gasteiger partial charge in [-0.25, -0.2) is 23.8 Å². The number of imidazole rings is 1. The summed E-state index contributed by atoms with van der Waals surface area (Å²) in [5.41, 5.74) is 10.2. The average molecular weight is 442 g/mol. The molecule has 4 aromatic heterocycles. The topological polar surface area (TPSA) is 129 Å². The molecule has 0 spiro atoms. The van der Waals surface area contributed by atoms with Gasteiger partial charge in [0.15, 0.2) is 5.65 Å². The Labute approximate surface area is 188 Å². The van der Waals surface area contributed by atoms with E-state index in [0.717, 1.165) is 16.8 Å². The molecule has 3 N–H and O–H groups in total. The van der Waals surface area contributed by atoms with Crippen LogP contribution in [0.15, 0.2) is 59.7 Å². The summed E-state index contributed by atoms with van der Waals surface area (Å²) in [6, 6.07) is 13.2. The molecule has 0 aliphatic carbocycles. The summed E-state index contributed by atoms with van der Waals surface area (Å²) in [7, 11) is 1.86. The molecule has 5 rings (SSSR count). The number of hydrogen-bond acceptors (Lipinski definition) is 7. The zero-order valence-corrected chi connectivity index (χ0v) is 18.2. The molecule has 5 aromatic rings. The first-order chi connectivity index (χ1) is 16.0. The number of anilines is 1. The van der Waals surface area contributed by atoms with E-state index in [1.165, 1.54) is 9.08 Å². The van der Waals surface area contributed by atoms with Crippen LogP contribution in [-0.2, 0) is 20.2 Å². The molecule has 166 valence electrons. The van der Waals surface area contributed by atoms with Gasteiger partial charge in [0.2, 0.25) is 5.95 Å². The van der Waals surface area contributed by atoms with Crippen molar-refractivity contribution in [2.45, 2.75) is 20.1 Å². The summed E-state index contributed by atoms with van der Waals surface area (Å²) in [6.07, 6.45) is 3.47. The molecule has 4 heterocycles. The maximum absolute atomic E-state index is 13.3. The van der Waals surface area contributed by atoms with E-state index in [1.54, 1.807) is 18.5 Å². The number of aromatic nitrogens is 7. The Balaban J connectivity index is 1.84. The second-order valence-electron chi connectivity index (χ2n) is 7.76. The van der Waals surface area contributed by atoms with Crippen molar-refractivity contribution in [3.8, 4) is 22.4 Å². The van der Waals surface area contributed by atoms with Crippen molar-refractivity contribution < 1.29 is 5.11 Å². The second-order valence-corrected chi connectivity index (χ2v) is 7.76. The maximum Gasteiger partial charge on any atom is 0.353 e. The van der Waals surface area contributed by atoms with Crippen LogP contribution in [0.3, 0.4) is 0 Å². The molecule has 0 atom stereocenters. The molecule has 0 fully saturated rings. The first-order valence-corrected chi connectivity index (χ1v) is 10.4. The number of aliphatic hydroxyl groups excluding tert-OH is 1. The predicted octanol–water partition coefficient (Wildman–Crippen LogP) is 1.78. The van der Waals surface area contributed by atoms with E-state index in [2.05, 4.69) is 20.1 Å². The van der Waals surface area contributed by atoms with Crippen LogP contribution in [0, 0.1) is 6.92 Å². The van der Waals surface area contributed by atoms with Gasteiger partial charge in [0.1, 0.15) is 12.4 Å². The number of nitrogen functional groups attached to an aromatic ring is 1. The van der Waals surface area contributed by atoms with E-state index in [-0.39, 0.29) is 19.1 Å². The van der Waals surface area contributed by atoms with Crippen LogP contribution in [0.1, 0.15) is 17.2 Å². The maximum atomic E-state index is 13.3. The number of benzene rings is 1. The zero-order valence-electron chi connectivity index (χ0n) is 18.2. The lowest BCUT2D eigenvalue weighted by molar-refractivity contribution is 0.276. The van der Waals surface area contributed by atoms with Crippen molar-refractivity contribution in [3.63, 3.8) is 0 Å². The van der Waals surface area contributed by atoms with Gasteiger partial charge in [-0.1, -0.05) is 30.3 Å². The molecule has 0 saturated heterocycles. The van der Waals surface area contributed by atoms with E-state index in [9.17, 15) is 9.90 Å². The van der Waals surface area contributed by atoms with Crippen LogP contribution >= 0.6 is 0 Å². The van der Waals surface area contributed by atoms with Gasteiger partial charge in [0.05, 0.1) is 23.6 Å². The third-order valence-corrected chi connectivity index (χ3v) is 5.47. The first-order valence-electron chi connectivity index (χ1n) is 10.4. The number of fused-ring (bicyclic) bond motifs is 1. The third-order valence-electron chi connectivity index (χ3n) is 5.47. The summed E-state index contributed by atoms with van der Waals surface area (Å²) < 4.78 is 4.46. The SMILES string of the molecule is Cc1cc(-c2c(-c3ccccc3)nc(N)n3c(=O)n(Cc4nccn4C)nc23)cc(CO)n1. The molecule has 0 bridgehead atoms. The standard InChI is InChI=1S/C23H22N8O2/c1-14-10-16(11-17(13-32)26-14)19-20(15-6-4-3-5-7-15)27-22(24)31-21(19)28-30(23(31)33)12-18-25-8-9-29(18)2/h3-11,32H,12-13H2,1-2H3,(H2,24,27). The van der Waals surface area contributed by atoms with E-state index in [0.29, 0.717) is 28.4 Å². The molecular weight excluding hydrogens is 420 g/mol. The number of nitrogens with two attached hydrogens (primary N) is 1. The molecule has 33 heavy (non-hydrogen) atoms. The Morgan fingerprint density at radius 3 is 2.58 bits per heavy atom. The van der Waals surface area contributed by atoms with E-state index >= 15 is 0 Å². The number of nitrogens with zero attached hydrogens (tertiary/aromatic N) is 7. The highest BCUT2D eigenvalue weighted by atomic mass is 16.3. The van der Waals surface area contributed by atoms with Gasteiger partial charge in [-0.2, -0.15) is 0 Å². The Bertz CT molecular complexity index is 1530. The van der Waals surface area contributed by atoms with E-state index < -0.39 is 5.69 Å². The molecule has 10 heteroatoms. The van der Waals surface area contributed by atoms with Crippen LogP contribution in [0.4, 0.5) is 5.95 Å². The summed E-state index contributed by atoms with van der Waals surface area (Å²) in [6.45, 7) is 1.81. The highest BCUT2D eigenvalue weighted by molar-refractivity contribution is 5.90. The van der Waals surface area contributed by atoms with Crippen molar-refractivity contribution in [1.82, 2.24) is 33.7 Å². The average Bonchev–Trinajstić information content (AvgIpc) is 3.37. The first kappa shape index (κ1) is 20.6. The molecule has 0 aliphatic rings. The molecule has 0 radical (unpaired) electrons. The lowest BCUT2D eigenvalue weighted by Gasteiger charge is -2.13. The van der Waals surface area contributed by atoms with Gasteiger partial charge in [-0.15, -0.1) is 5.10 Å². The smallest absolute Gasteiger partial charge is 0.353 e. The van der Waals surface area contributed by atoms with Crippen LogP contribution in [0.5, 0.6) is 0 Å². The summed E-state index contributed by atoms with van der Waals surface area (Å²) >= 11 is 0. The number of aliphatic hydroxyl groups is 1. The van der Waals surface area contributed by atoms with Gasteiger partial charge in [-0.3, -0.25) is 4.98 Å². The van der Waals surface area contributed by atoms with Crippen LogP contribution in [-0.4, -0.2) is 38.8 Å². The van der Waals surface area contributed by atoms with Crippen molar-refractivity contribution in [2.24, 2.45) is 7.05 Å². The largest absolute Gasteiger partial charge is 0.390 e. The lowest BCUT2D eigenvalue weighted by atomic mass is 9.99. The van der Waals surface area contributed by atoms with Crippen molar-refractivity contribution >= 4 is 11.6 Å². The highest BCUT2D eigenvalue weighted by Crippen LogP contribution is 2.34. The fraction of sp³-hybridized carbons (Fsp3) is 0.174. The van der Waals surface area contributed by atoms with Gasteiger partial charge in [-0.05, 0) is 24.6 Å². The normalized spacial score (nSPS) is 11.4. The molecule has 10 nitrogen and oxygen atoms in total. The summed E-state index contributed by atoms with van der Waals surface area (Å²) in [5.74, 6) is 0.719. The Kier molecular flexibility index (Phi) is 4.98. The Hall–Kier alpha value is -4.31. The Morgan fingerprint density at radius 1 is 1.09 bits per heavy atom. The number of aryl methyl sites for hydroxylation is 2. The second kappa shape index (κ2) is 7.99. The molecule has 0 amide bonds. The van der Waals surface area contributed by atoms with Gasteiger partial charge in [0, 0.05) is 30.7 Å². The zero-order chi connectivity index (χ0) is 23.1. The van der Waals surface area contributed by atoms with Crippen molar-refractivity contribution in [2.75, 3.05) is 5.73 Å². The van der Waals surface area contributed by atoms with E-state index in [1.807, 2.05) is 54.9 Å². The van der Waals surface area contributed by atoms with Crippen LogP contribution < -0.4 is 11.4 Å². The van der Waals surface area contributed by atoms with E-state index in [4.69, 9.17) is 5.73 Å². The fourth-order valence-electron chi connectivity index (χ4n) is 3.92. The quantitative estimate of drug-likeness (QED) is 0.424. The van der Waals surface area contributed by atoms with Gasteiger partial charge >= 0.3 is 5.69 Å². The Morgan fingerprint density at radius 2 is 1.88 bits per heavy atom. The third kappa shape index (κ3) is 3.56. The van der Waals surface area contributed by atoms with Crippen LogP contribution in [0.25, 0.3) is 28.0 Å². The lowest BCUT2D eigenvalue weighted by Crippen LogP contribution is -2.24. The number of hydrogen-bond donors (Lipinski definition) is 2. The fourth-order valence-corrected chi connectivity index (χ4v) is 3.92. The summed E-state index contributed by atoms with van der Waals surface area (Å²) in [5, 5.41) is 14.4. The van der Waals surface area contributed by atoms with Gasteiger partial charge in [0.25, 0.3) is 0 Å². The van der Waals surface area contributed by atoms with Gasteiger partial charge < -0.3 is 15.4 Å². The van der Waals surface area contributed by atoms with Crippen molar-refractivity contribution in [1.29, 1.82) is 0 Å². The van der Waals surface area contributed by atoms with Crippen molar-refractivity contribution in [3.05, 3.63) is 82.6 Å². The minimum Gasteiger partial charge on any atom is -0.390 e. The highest BCUT2D eigenvalue weighted by Gasteiger charge is 2.22. The minimum absolute atomic E-state index is 0.0388. The number of pyridine rings is 1. The molecular formula is C23H22N8O2. The molecule has 0 aliphatic heterocycles. The molecule has 0 unspecified atom stereocenters. The monoisotopic (exact) mass is 442 g/mol. The molecule has 1 aromatic carbocycles. The van der Waals surface area contributed by atoms with Crippen LogP contribution in [0.2, 0.25) is 0 Å². The molecule has 0 saturated carbocycles. The summed E-state index contributed by atoms with van der Waals surface area (Å²) in [4.78, 5) is 26.5. The predicted molar refractivity (Wildman–Crippen MR) is 123 cm³/mol. The minimum atomic E-state index is -0.410. The number of rotatable bonds is 5.